The van der Waals surface area contributed by atoms with Crippen molar-refractivity contribution in [2.75, 3.05) is 0 Å². The molecule has 1 fully saturated rings. The molecule has 0 heterocycles. The van der Waals surface area contributed by atoms with Crippen LogP contribution in [0.1, 0.15) is 102 Å². The van der Waals surface area contributed by atoms with E-state index in [1.54, 1.807) is 0 Å². The highest BCUT2D eigenvalue weighted by molar-refractivity contribution is 6.65. The first kappa shape index (κ1) is 32.7. The Morgan fingerprint density at radius 1 is 0.737 bits per heavy atom. The Morgan fingerprint density at radius 2 is 1.21 bits per heavy atom. The summed E-state index contributed by atoms with van der Waals surface area (Å²) in [5.41, 5.74) is 1.11. The van der Waals surface area contributed by atoms with Gasteiger partial charge < -0.3 is 5.32 Å². The molecule has 4 atom stereocenters. The standard InChI is InChI=1S/C30H41Cl6NO/c1-2-3-4-5-7-13-18-23-24(29(34)27(32)26(31)28(23,33)30(29,35)36)19-14-8-6-9-15-20-25(38)37-21-22-16-11-10-12-17-22/h10-12,16-17,23-24H,2-9,13-15,18-21H2,1H3,(H,37,38). The molecule has 4 unspecified atom stereocenters. The summed E-state index contributed by atoms with van der Waals surface area (Å²) in [6.45, 7) is 2.80. The van der Waals surface area contributed by atoms with Gasteiger partial charge in [0.2, 0.25) is 5.91 Å². The monoisotopic (exact) mass is 641 g/mol. The molecule has 0 aliphatic heterocycles. The van der Waals surface area contributed by atoms with Gasteiger partial charge in [-0.15, -0.1) is 23.2 Å². The summed E-state index contributed by atoms with van der Waals surface area (Å²) in [4.78, 5) is 9.82. The number of hydrogen-bond donors (Lipinski definition) is 1. The Morgan fingerprint density at radius 3 is 1.74 bits per heavy atom. The summed E-state index contributed by atoms with van der Waals surface area (Å²) >= 11 is 41.4. The van der Waals surface area contributed by atoms with Gasteiger partial charge in [0, 0.05) is 13.0 Å². The Balaban J connectivity index is 1.45. The van der Waals surface area contributed by atoms with Crippen LogP contribution in [0.3, 0.4) is 0 Å². The van der Waals surface area contributed by atoms with Crippen molar-refractivity contribution in [3.05, 3.63) is 46.0 Å². The molecule has 38 heavy (non-hydrogen) atoms. The third kappa shape index (κ3) is 6.79. The van der Waals surface area contributed by atoms with E-state index in [1.165, 1.54) is 25.7 Å². The zero-order valence-corrected chi connectivity index (χ0v) is 26.9. The van der Waals surface area contributed by atoms with E-state index in [9.17, 15) is 4.79 Å². The van der Waals surface area contributed by atoms with Gasteiger partial charge in [-0.3, -0.25) is 4.79 Å². The molecule has 2 aliphatic rings. The first-order valence-corrected chi connectivity index (χ1v) is 16.5. The van der Waals surface area contributed by atoms with Crippen molar-refractivity contribution in [2.45, 2.75) is 117 Å². The number of fused-ring (bicyclic) bond motifs is 2. The number of alkyl halides is 4. The Hall–Kier alpha value is 0.170. The zero-order valence-electron chi connectivity index (χ0n) is 22.3. The van der Waals surface area contributed by atoms with Crippen molar-refractivity contribution in [2.24, 2.45) is 11.8 Å². The molecule has 1 N–H and O–H groups in total. The topological polar surface area (TPSA) is 29.1 Å². The molecular formula is C30H41Cl6NO. The minimum atomic E-state index is -1.46. The Bertz CT molecular complexity index is 938. The number of halogens is 6. The summed E-state index contributed by atoms with van der Waals surface area (Å²) < 4.78 is -1.46. The number of rotatable bonds is 17. The van der Waals surface area contributed by atoms with Gasteiger partial charge in [-0.1, -0.05) is 148 Å². The summed E-state index contributed by atoms with van der Waals surface area (Å²) in [5, 5.41) is 3.62. The van der Waals surface area contributed by atoms with Crippen LogP contribution < -0.4 is 5.32 Å². The molecule has 1 saturated carbocycles. The van der Waals surface area contributed by atoms with Crippen LogP contribution in [0.5, 0.6) is 0 Å². The van der Waals surface area contributed by atoms with Gasteiger partial charge in [-0.25, -0.2) is 0 Å². The Labute approximate surface area is 259 Å². The fourth-order valence-electron chi connectivity index (χ4n) is 6.22. The lowest BCUT2D eigenvalue weighted by atomic mass is 9.76. The van der Waals surface area contributed by atoms with Gasteiger partial charge in [0.1, 0.15) is 9.75 Å². The predicted molar refractivity (Wildman–Crippen MR) is 166 cm³/mol. The molecule has 2 bridgehead atoms. The van der Waals surface area contributed by atoms with E-state index in [2.05, 4.69) is 12.2 Å². The highest BCUT2D eigenvalue weighted by Crippen LogP contribution is 2.77. The number of hydrogen-bond acceptors (Lipinski definition) is 1. The number of amides is 1. The van der Waals surface area contributed by atoms with Crippen LogP contribution in [-0.2, 0) is 11.3 Å². The molecule has 1 aromatic carbocycles. The van der Waals surface area contributed by atoms with Crippen molar-refractivity contribution >= 4 is 75.5 Å². The Kier molecular flexibility index (Phi) is 12.8. The maximum Gasteiger partial charge on any atom is 0.220 e. The quantitative estimate of drug-likeness (QED) is 0.133. The van der Waals surface area contributed by atoms with E-state index in [0.29, 0.717) is 23.0 Å². The fraction of sp³-hybridized carbons (Fsp3) is 0.700. The predicted octanol–water partition coefficient (Wildman–Crippen LogP) is 10.9. The molecular weight excluding hydrogens is 603 g/mol. The molecule has 1 amide bonds. The van der Waals surface area contributed by atoms with E-state index in [0.717, 1.165) is 63.4 Å². The molecule has 3 rings (SSSR count). The smallest absolute Gasteiger partial charge is 0.220 e. The second-order valence-electron chi connectivity index (χ2n) is 11.0. The summed E-state index contributed by atoms with van der Waals surface area (Å²) in [6.07, 6.45) is 14.4. The van der Waals surface area contributed by atoms with Crippen molar-refractivity contribution < 1.29 is 4.79 Å². The number of carbonyl (C=O) groups is 1. The molecule has 1 aromatic rings. The number of unbranched alkanes of at least 4 members (excludes halogenated alkanes) is 9. The normalized spacial score (nSPS) is 27.8. The van der Waals surface area contributed by atoms with Crippen molar-refractivity contribution in [3.63, 3.8) is 0 Å². The highest BCUT2D eigenvalue weighted by Gasteiger charge is 2.81. The van der Waals surface area contributed by atoms with Gasteiger partial charge in [-0.05, 0) is 36.7 Å². The van der Waals surface area contributed by atoms with Gasteiger partial charge >= 0.3 is 0 Å². The highest BCUT2D eigenvalue weighted by atomic mass is 35.5. The van der Waals surface area contributed by atoms with Crippen LogP contribution in [0.15, 0.2) is 40.4 Å². The molecule has 0 aromatic heterocycles. The van der Waals surface area contributed by atoms with Gasteiger partial charge in [-0.2, -0.15) is 0 Å². The first-order valence-electron chi connectivity index (χ1n) is 14.2. The van der Waals surface area contributed by atoms with Crippen molar-refractivity contribution in [1.29, 1.82) is 0 Å². The lowest BCUT2D eigenvalue weighted by molar-refractivity contribution is -0.121. The summed E-state index contributed by atoms with van der Waals surface area (Å²) in [6, 6.07) is 9.96. The molecule has 2 nitrogen and oxygen atoms in total. The second-order valence-corrected chi connectivity index (χ2v) is 14.2. The van der Waals surface area contributed by atoms with Crippen LogP contribution in [0.4, 0.5) is 0 Å². The maximum absolute atomic E-state index is 12.1. The van der Waals surface area contributed by atoms with Crippen LogP contribution in [0, 0.1) is 11.8 Å². The fourth-order valence-corrected chi connectivity index (χ4v) is 9.36. The van der Waals surface area contributed by atoms with E-state index >= 15 is 0 Å². The number of benzene rings is 1. The van der Waals surface area contributed by atoms with Crippen molar-refractivity contribution in [3.8, 4) is 0 Å². The van der Waals surface area contributed by atoms with Crippen molar-refractivity contribution in [1.82, 2.24) is 5.32 Å². The lowest BCUT2D eigenvalue weighted by Crippen LogP contribution is -2.44. The van der Waals surface area contributed by atoms with E-state index in [4.69, 9.17) is 69.6 Å². The van der Waals surface area contributed by atoms with E-state index < -0.39 is 14.1 Å². The van der Waals surface area contributed by atoms with Crippen LogP contribution >= 0.6 is 69.6 Å². The number of carbonyl (C=O) groups excluding carboxylic acids is 1. The average Bonchev–Trinajstić information content (AvgIpc) is 3.10. The summed E-state index contributed by atoms with van der Waals surface area (Å²) in [7, 11) is 0. The number of nitrogens with one attached hydrogen (secondary N) is 1. The van der Waals surface area contributed by atoms with Crippen LogP contribution in [-0.4, -0.2) is 20.0 Å². The molecule has 8 heteroatoms. The van der Waals surface area contributed by atoms with Crippen LogP contribution in [0.25, 0.3) is 0 Å². The third-order valence-electron chi connectivity index (χ3n) is 8.37. The maximum atomic E-state index is 12.1. The number of allylic oxidation sites excluding steroid dienone is 2. The molecule has 214 valence electrons. The van der Waals surface area contributed by atoms with E-state index in [-0.39, 0.29) is 17.7 Å². The minimum Gasteiger partial charge on any atom is -0.352 e. The van der Waals surface area contributed by atoms with Gasteiger partial charge in [0.05, 0.1) is 10.1 Å². The lowest BCUT2D eigenvalue weighted by Gasteiger charge is -2.37. The zero-order chi connectivity index (χ0) is 27.8. The average molecular weight is 644 g/mol. The first-order chi connectivity index (χ1) is 18.1. The molecule has 0 saturated heterocycles. The summed E-state index contributed by atoms with van der Waals surface area (Å²) in [5.74, 6) is 0.0426. The van der Waals surface area contributed by atoms with Crippen LogP contribution in [0.2, 0.25) is 0 Å². The molecule has 0 radical (unpaired) electrons. The third-order valence-corrected chi connectivity index (χ3v) is 12.7. The second kappa shape index (κ2) is 14.9. The van der Waals surface area contributed by atoms with Gasteiger partial charge in [0.15, 0.2) is 4.33 Å². The largest absolute Gasteiger partial charge is 0.352 e. The van der Waals surface area contributed by atoms with E-state index in [1.807, 2.05) is 30.3 Å². The SMILES string of the molecule is CCCCCCCCC1C(CCCCCCCC(=O)NCc2ccccc2)C2(Cl)C(Cl)=C(Cl)C1(Cl)C2(Cl)Cl. The molecule has 0 spiro atoms. The molecule has 2 aliphatic carbocycles. The minimum absolute atomic E-state index is 0.0221. The van der Waals surface area contributed by atoms with Gasteiger partial charge in [0.25, 0.3) is 0 Å².